The quantitative estimate of drug-likeness (QED) is 0.285. The Balaban J connectivity index is 1.61. The monoisotopic (exact) mass is 500 g/mol. The van der Waals surface area contributed by atoms with E-state index in [2.05, 4.69) is 5.32 Å². The summed E-state index contributed by atoms with van der Waals surface area (Å²) in [6.45, 7) is 4.15. The van der Waals surface area contributed by atoms with Crippen LogP contribution in [0.1, 0.15) is 66.9 Å². The molecule has 0 spiro atoms. The summed E-state index contributed by atoms with van der Waals surface area (Å²) in [6.07, 6.45) is 4.57. The molecule has 0 atom stereocenters. The number of benzene rings is 3. The molecule has 4 aromatic rings. The first-order valence-corrected chi connectivity index (χ1v) is 12.8. The minimum absolute atomic E-state index is 0.00414. The van der Waals surface area contributed by atoms with Crippen LogP contribution in [0.15, 0.2) is 66.7 Å². The van der Waals surface area contributed by atoms with Crippen molar-refractivity contribution in [1.29, 1.82) is 0 Å². The molecule has 0 aliphatic heterocycles. The number of nitrogens with one attached hydrogen (secondary N) is 1. The Morgan fingerprint density at radius 2 is 1.76 bits per heavy atom. The SMILES string of the molecule is CC(C)c1c(-c2ccccc2)nc2ccc(OC3CCCC3)cc2c1C(=O)NCc1ccc(F)c(F)c1. The van der Waals surface area contributed by atoms with E-state index >= 15 is 0 Å². The minimum atomic E-state index is -0.941. The number of fused-ring (bicyclic) bond motifs is 1. The lowest BCUT2D eigenvalue weighted by Crippen LogP contribution is -2.25. The lowest BCUT2D eigenvalue weighted by Gasteiger charge is -2.21. The average molecular weight is 501 g/mol. The average Bonchev–Trinajstić information content (AvgIpc) is 3.41. The highest BCUT2D eigenvalue weighted by molar-refractivity contribution is 6.09. The molecule has 3 aromatic carbocycles. The zero-order chi connectivity index (χ0) is 25.9. The number of hydrogen-bond donors (Lipinski definition) is 1. The lowest BCUT2D eigenvalue weighted by molar-refractivity contribution is 0.0951. The largest absolute Gasteiger partial charge is 0.490 e. The molecule has 1 aliphatic rings. The number of rotatable bonds is 7. The van der Waals surface area contributed by atoms with Crippen molar-refractivity contribution in [2.75, 3.05) is 0 Å². The fourth-order valence-electron chi connectivity index (χ4n) is 5.07. The van der Waals surface area contributed by atoms with Gasteiger partial charge in [0.25, 0.3) is 5.91 Å². The molecule has 6 heteroatoms. The van der Waals surface area contributed by atoms with Crippen LogP contribution in [0.25, 0.3) is 22.2 Å². The molecule has 1 heterocycles. The fourth-order valence-corrected chi connectivity index (χ4v) is 5.07. The normalized spacial score (nSPS) is 13.9. The van der Waals surface area contributed by atoms with E-state index in [4.69, 9.17) is 9.72 Å². The standard InChI is InChI=1S/C31H30F2N2O2/c1-19(2)28-29(31(36)34-18-20-12-14-25(32)26(33)16-20)24-17-23(37-22-10-6-7-11-22)13-15-27(24)35-30(28)21-8-4-3-5-9-21/h3-5,8-9,12-17,19,22H,6-7,10-11,18H2,1-2H3,(H,34,36). The highest BCUT2D eigenvalue weighted by Crippen LogP contribution is 2.37. The summed E-state index contributed by atoms with van der Waals surface area (Å²) < 4.78 is 33.4. The van der Waals surface area contributed by atoms with Crippen LogP contribution in [-0.2, 0) is 6.54 Å². The lowest BCUT2D eigenvalue weighted by atomic mass is 9.89. The van der Waals surface area contributed by atoms with E-state index in [1.807, 2.05) is 62.4 Å². The molecule has 0 unspecified atom stereocenters. The summed E-state index contributed by atoms with van der Waals surface area (Å²) in [5, 5.41) is 3.63. The molecular formula is C31H30F2N2O2. The number of hydrogen-bond acceptors (Lipinski definition) is 3. The molecule has 0 bridgehead atoms. The van der Waals surface area contributed by atoms with Gasteiger partial charge in [-0.15, -0.1) is 0 Å². The van der Waals surface area contributed by atoms with Gasteiger partial charge >= 0.3 is 0 Å². The van der Waals surface area contributed by atoms with E-state index in [1.54, 1.807) is 0 Å². The number of carbonyl (C=O) groups is 1. The summed E-state index contributed by atoms with van der Waals surface area (Å²) in [6, 6.07) is 19.2. The highest BCUT2D eigenvalue weighted by atomic mass is 19.2. The second-order valence-electron chi connectivity index (χ2n) is 9.90. The Morgan fingerprint density at radius 1 is 1.00 bits per heavy atom. The first-order valence-electron chi connectivity index (χ1n) is 12.8. The molecule has 190 valence electrons. The number of carbonyl (C=O) groups excluding carboxylic acids is 1. The number of halogens is 2. The van der Waals surface area contributed by atoms with Crippen molar-refractivity contribution in [3.05, 3.63) is 95.1 Å². The number of nitrogens with zero attached hydrogens (tertiary/aromatic N) is 1. The van der Waals surface area contributed by atoms with Crippen molar-refractivity contribution in [3.8, 4) is 17.0 Å². The van der Waals surface area contributed by atoms with Crippen LogP contribution in [0.5, 0.6) is 5.75 Å². The maximum atomic E-state index is 13.8. The van der Waals surface area contributed by atoms with Gasteiger partial charge in [0.2, 0.25) is 0 Å². The molecule has 1 saturated carbocycles. The molecule has 0 radical (unpaired) electrons. The van der Waals surface area contributed by atoms with Crippen molar-refractivity contribution in [3.63, 3.8) is 0 Å². The van der Waals surface area contributed by atoms with Gasteiger partial charge in [-0.25, -0.2) is 13.8 Å². The van der Waals surface area contributed by atoms with E-state index in [0.717, 1.165) is 60.4 Å². The summed E-state index contributed by atoms with van der Waals surface area (Å²) in [5.41, 5.74) is 4.21. The van der Waals surface area contributed by atoms with Gasteiger partial charge in [0, 0.05) is 17.5 Å². The molecule has 5 rings (SSSR count). The molecule has 0 saturated heterocycles. The molecule has 1 fully saturated rings. The Kier molecular flexibility index (Phi) is 7.17. The number of pyridine rings is 1. The smallest absolute Gasteiger partial charge is 0.252 e. The van der Waals surface area contributed by atoms with Gasteiger partial charge in [-0.1, -0.05) is 50.2 Å². The Labute approximate surface area is 215 Å². The van der Waals surface area contributed by atoms with Crippen molar-refractivity contribution >= 4 is 16.8 Å². The minimum Gasteiger partial charge on any atom is -0.490 e. The maximum absolute atomic E-state index is 13.8. The first kappa shape index (κ1) is 24.9. The van der Waals surface area contributed by atoms with E-state index in [1.165, 1.54) is 6.07 Å². The molecule has 1 N–H and O–H groups in total. The molecule has 1 aliphatic carbocycles. The second kappa shape index (κ2) is 10.7. The van der Waals surface area contributed by atoms with Crippen LogP contribution in [-0.4, -0.2) is 17.0 Å². The fraction of sp³-hybridized carbons (Fsp3) is 0.290. The van der Waals surface area contributed by atoms with Crippen molar-refractivity contribution in [2.45, 2.75) is 58.1 Å². The van der Waals surface area contributed by atoms with Gasteiger partial charge in [0.1, 0.15) is 5.75 Å². The van der Waals surface area contributed by atoms with Gasteiger partial charge in [-0.3, -0.25) is 4.79 Å². The third-order valence-corrected chi connectivity index (χ3v) is 6.89. The molecule has 4 nitrogen and oxygen atoms in total. The van der Waals surface area contributed by atoms with Gasteiger partial charge in [0.15, 0.2) is 11.6 Å². The van der Waals surface area contributed by atoms with Gasteiger partial charge in [-0.2, -0.15) is 0 Å². The molecule has 37 heavy (non-hydrogen) atoms. The van der Waals surface area contributed by atoms with Crippen LogP contribution in [0.3, 0.4) is 0 Å². The van der Waals surface area contributed by atoms with Crippen LogP contribution in [0, 0.1) is 11.6 Å². The van der Waals surface area contributed by atoms with Crippen LogP contribution in [0.2, 0.25) is 0 Å². The second-order valence-corrected chi connectivity index (χ2v) is 9.90. The Morgan fingerprint density at radius 3 is 2.46 bits per heavy atom. The van der Waals surface area contributed by atoms with Gasteiger partial charge in [-0.05, 0) is 73.1 Å². The zero-order valence-corrected chi connectivity index (χ0v) is 21.1. The van der Waals surface area contributed by atoms with Gasteiger partial charge < -0.3 is 10.1 Å². The Hall–Kier alpha value is -3.80. The number of aromatic nitrogens is 1. The molecular weight excluding hydrogens is 470 g/mol. The van der Waals surface area contributed by atoms with E-state index < -0.39 is 11.6 Å². The van der Waals surface area contributed by atoms with E-state index in [-0.39, 0.29) is 24.5 Å². The summed E-state index contributed by atoms with van der Waals surface area (Å²) in [5.74, 6) is -1.44. The first-order chi connectivity index (χ1) is 17.9. The summed E-state index contributed by atoms with van der Waals surface area (Å²) in [4.78, 5) is 18.8. The third-order valence-electron chi connectivity index (χ3n) is 6.89. The van der Waals surface area contributed by atoms with Crippen LogP contribution in [0.4, 0.5) is 8.78 Å². The van der Waals surface area contributed by atoms with Crippen molar-refractivity contribution < 1.29 is 18.3 Å². The van der Waals surface area contributed by atoms with Crippen molar-refractivity contribution in [2.24, 2.45) is 0 Å². The van der Waals surface area contributed by atoms with Crippen LogP contribution < -0.4 is 10.1 Å². The van der Waals surface area contributed by atoms with Crippen molar-refractivity contribution in [1.82, 2.24) is 10.3 Å². The third kappa shape index (κ3) is 5.33. The number of amides is 1. The molecule has 1 amide bonds. The zero-order valence-electron chi connectivity index (χ0n) is 21.1. The summed E-state index contributed by atoms with van der Waals surface area (Å²) >= 11 is 0. The maximum Gasteiger partial charge on any atom is 0.252 e. The van der Waals surface area contributed by atoms with Crippen LogP contribution >= 0.6 is 0 Å². The Bertz CT molecular complexity index is 1430. The molecule has 1 aromatic heterocycles. The predicted octanol–water partition coefficient (Wildman–Crippen LogP) is 7.55. The van der Waals surface area contributed by atoms with Gasteiger partial charge in [0.05, 0.1) is 22.9 Å². The summed E-state index contributed by atoms with van der Waals surface area (Å²) in [7, 11) is 0. The number of ether oxygens (including phenoxy) is 1. The highest BCUT2D eigenvalue weighted by Gasteiger charge is 2.25. The van der Waals surface area contributed by atoms with E-state index in [0.29, 0.717) is 22.0 Å². The predicted molar refractivity (Wildman–Crippen MR) is 142 cm³/mol. The van der Waals surface area contributed by atoms with E-state index in [9.17, 15) is 13.6 Å². The topological polar surface area (TPSA) is 51.2 Å².